The minimum atomic E-state index is -2.62. The minimum absolute atomic E-state index is 0.0696. The highest BCUT2D eigenvalue weighted by atomic mass is 19.3. The van der Waals surface area contributed by atoms with Gasteiger partial charge in [0.1, 0.15) is 0 Å². The lowest BCUT2D eigenvalue weighted by Crippen LogP contribution is -2.29. The molecule has 0 saturated heterocycles. The molecule has 1 aliphatic carbocycles. The SMILES string of the molecule is O=C(Nc1ccc(C2CCC(F)(F)CC2)nc1)C(=O)Nc1c[nH]c2cc(F)c(F)cc12. The Labute approximate surface area is 174 Å². The summed E-state index contributed by atoms with van der Waals surface area (Å²) >= 11 is 0. The van der Waals surface area contributed by atoms with Crippen LogP contribution in [0.4, 0.5) is 28.9 Å². The summed E-state index contributed by atoms with van der Waals surface area (Å²) in [6.07, 6.45) is 2.99. The maximum Gasteiger partial charge on any atom is 0.314 e. The lowest BCUT2D eigenvalue weighted by molar-refractivity contribution is -0.132. The molecule has 1 aliphatic rings. The average molecular weight is 434 g/mol. The van der Waals surface area contributed by atoms with Crippen LogP contribution in [0.25, 0.3) is 10.9 Å². The van der Waals surface area contributed by atoms with E-state index in [2.05, 4.69) is 20.6 Å². The Bertz CT molecular complexity index is 1130. The molecule has 0 aliphatic heterocycles. The second kappa shape index (κ2) is 8.01. The number of nitrogens with one attached hydrogen (secondary N) is 3. The molecule has 0 atom stereocenters. The number of hydrogen-bond donors (Lipinski definition) is 3. The first-order chi connectivity index (χ1) is 14.7. The topological polar surface area (TPSA) is 86.9 Å². The zero-order valence-electron chi connectivity index (χ0n) is 16.1. The molecular formula is C21H18F4N4O2. The number of rotatable bonds is 3. The van der Waals surface area contributed by atoms with Crippen molar-refractivity contribution in [2.45, 2.75) is 37.5 Å². The van der Waals surface area contributed by atoms with Gasteiger partial charge in [-0.25, -0.2) is 17.6 Å². The molecule has 0 bridgehead atoms. The number of carbonyl (C=O) groups excluding carboxylic acids is 2. The van der Waals surface area contributed by atoms with Crippen molar-refractivity contribution in [1.29, 1.82) is 0 Å². The van der Waals surface area contributed by atoms with Crippen molar-refractivity contribution >= 4 is 34.1 Å². The van der Waals surface area contributed by atoms with Crippen LogP contribution in [0, 0.1) is 11.6 Å². The molecular weight excluding hydrogens is 416 g/mol. The molecule has 2 aromatic heterocycles. The summed E-state index contributed by atoms with van der Waals surface area (Å²) in [6, 6.07) is 5.04. The Morgan fingerprint density at radius 2 is 1.71 bits per heavy atom. The van der Waals surface area contributed by atoms with Crippen LogP contribution in [0.1, 0.15) is 37.3 Å². The molecule has 4 rings (SSSR count). The first kappa shape index (κ1) is 20.8. The number of carbonyl (C=O) groups is 2. The highest BCUT2D eigenvalue weighted by Crippen LogP contribution is 2.40. The van der Waals surface area contributed by atoms with Gasteiger partial charge in [0, 0.05) is 42.1 Å². The summed E-state index contributed by atoms with van der Waals surface area (Å²) in [6.45, 7) is 0. The van der Waals surface area contributed by atoms with Gasteiger partial charge in [-0.3, -0.25) is 14.6 Å². The maximum absolute atomic E-state index is 13.5. The number of alkyl halides is 2. The quantitative estimate of drug-likeness (QED) is 0.412. The third-order valence-electron chi connectivity index (χ3n) is 5.36. The van der Waals surface area contributed by atoms with E-state index in [0.717, 1.165) is 12.1 Å². The van der Waals surface area contributed by atoms with Crippen LogP contribution in [-0.2, 0) is 9.59 Å². The fourth-order valence-corrected chi connectivity index (χ4v) is 3.64. The summed E-state index contributed by atoms with van der Waals surface area (Å²) < 4.78 is 53.3. The molecule has 1 aromatic carbocycles. The van der Waals surface area contributed by atoms with E-state index in [-0.39, 0.29) is 41.0 Å². The second-order valence-corrected chi connectivity index (χ2v) is 7.52. The third-order valence-corrected chi connectivity index (χ3v) is 5.36. The van der Waals surface area contributed by atoms with E-state index in [1.54, 1.807) is 12.1 Å². The number of pyridine rings is 1. The van der Waals surface area contributed by atoms with Crippen molar-refractivity contribution in [3.05, 3.63) is 54.0 Å². The summed E-state index contributed by atoms with van der Waals surface area (Å²) in [5, 5.41) is 4.94. The fraction of sp³-hybridized carbons (Fsp3) is 0.286. The zero-order valence-corrected chi connectivity index (χ0v) is 16.1. The van der Waals surface area contributed by atoms with Crippen molar-refractivity contribution < 1.29 is 27.2 Å². The number of hydrogen-bond acceptors (Lipinski definition) is 3. The van der Waals surface area contributed by atoms with Crippen LogP contribution in [0.3, 0.4) is 0 Å². The van der Waals surface area contributed by atoms with Crippen LogP contribution in [0.5, 0.6) is 0 Å². The van der Waals surface area contributed by atoms with E-state index in [9.17, 15) is 27.2 Å². The maximum atomic E-state index is 13.5. The second-order valence-electron chi connectivity index (χ2n) is 7.52. The number of aromatic amines is 1. The Morgan fingerprint density at radius 1 is 1.03 bits per heavy atom. The summed E-state index contributed by atoms with van der Waals surface area (Å²) in [7, 11) is 0. The van der Waals surface area contributed by atoms with Crippen molar-refractivity contribution in [3.8, 4) is 0 Å². The standard InChI is InChI=1S/C21H18F4N4O2/c22-14-7-13-17(8-15(14)23)27-10-18(13)29-20(31)19(30)28-12-1-2-16(26-9-12)11-3-5-21(24,25)6-4-11/h1-2,7-11,27H,3-6H2,(H,28,30)(H,29,31). The molecule has 31 heavy (non-hydrogen) atoms. The largest absolute Gasteiger partial charge is 0.359 e. The average Bonchev–Trinajstić information content (AvgIpc) is 3.10. The van der Waals surface area contributed by atoms with Gasteiger partial charge in [-0.05, 0) is 31.0 Å². The number of H-pyrrole nitrogens is 1. The molecule has 0 unspecified atom stereocenters. The number of halogens is 4. The van der Waals surface area contributed by atoms with Crippen LogP contribution in [-0.4, -0.2) is 27.7 Å². The molecule has 1 saturated carbocycles. The number of aromatic nitrogens is 2. The number of benzene rings is 1. The Morgan fingerprint density at radius 3 is 2.39 bits per heavy atom. The number of amides is 2. The normalized spacial score (nSPS) is 16.3. The van der Waals surface area contributed by atoms with Gasteiger partial charge in [-0.2, -0.15) is 0 Å². The van der Waals surface area contributed by atoms with Crippen molar-refractivity contribution in [2.24, 2.45) is 0 Å². The minimum Gasteiger partial charge on any atom is -0.359 e. The fourth-order valence-electron chi connectivity index (χ4n) is 3.64. The molecule has 10 heteroatoms. The summed E-state index contributed by atoms with van der Waals surface area (Å²) in [4.78, 5) is 31.3. The lowest BCUT2D eigenvalue weighted by atomic mass is 9.84. The molecule has 162 valence electrons. The van der Waals surface area contributed by atoms with Crippen LogP contribution in [0.2, 0.25) is 0 Å². The molecule has 6 nitrogen and oxygen atoms in total. The number of anilines is 2. The van der Waals surface area contributed by atoms with Crippen molar-refractivity contribution in [2.75, 3.05) is 10.6 Å². The zero-order chi connectivity index (χ0) is 22.2. The first-order valence-corrected chi connectivity index (χ1v) is 9.64. The van der Waals surface area contributed by atoms with Crippen LogP contribution in [0.15, 0.2) is 36.7 Å². The van der Waals surface area contributed by atoms with E-state index in [4.69, 9.17) is 0 Å². The van der Waals surface area contributed by atoms with Crippen LogP contribution < -0.4 is 10.6 Å². The van der Waals surface area contributed by atoms with Crippen molar-refractivity contribution in [1.82, 2.24) is 9.97 Å². The van der Waals surface area contributed by atoms with E-state index < -0.39 is 29.4 Å². The van der Waals surface area contributed by atoms with Gasteiger partial charge in [-0.1, -0.05) is 0 Å². The summed E-state index contributed by atoms with van der Waals surface area (Å²) in [5.41, 5.74) is 1.30. The predicted octanol–water partition coefficient (Wildman–Crippen LogP) is 4.71. The smallest absolute Gasteiger partial charge is 0.314 e. The van der Waals surface area contributed by atoms with E-state index >= 15 is 0 Å². The Kier molecular flexibility index (Phi) is 5.38. The van der Waals surface area contributed by atoms with Gasteiger partial charge in [0.2, 0.25) is 5.92 Å². The van der Waals surface area contributed by atoms with Gasteiger partial charge < -0.3 is 15.6 Å². The Hall–Kier alpha value is -3.43. The highest BCUT2D eigenvalue weighted by molar-refractivity contribution is 6.44. The van der Waals surface area contributed by atoms with E-state index in [0.29, 0.717) is 18.5 Å². The van der Waals surface area contributed by atoms with E-state index in [1.807, 2.05) is 0 Å². The monoisotopic (exact) mass is 434 g/mol. The van der Waals surface area contributed by atoms with E-state index in [1.165, 1.54) is 12.4 Å². The molecule has 1 fully saturated rings. The lowest BCUT2D eigenvalue weighted by Gasteiger charge is -2.27. The number of fused-ring (bicyclic) bond motifs is 1. The molecule has 3 aromatic rings. The molecule has 2 heterocycles. The molecule has 0 radical (unpaired) electrons. The first-order valence-electron chi connectivity index (χ1n) is 9.64. The third kappa shape index (κ3) is 4.52. The highest BCUT2D eigenvalue weighted by Gasteiger charge is 2.35. The molecule has 3 N–H and O–H groups in total. The van der Waals surface area contributed by atoms with Crippen molar-refractivity contribution in [3.63, 3.8) is 0 Å². The van der Waals surface area contributed by atoms with Gasteiger partial charge in [-0.15, -0.1) is 0 Å². The molecule has 0 spiro atoms. The Balaban J connectivity index is 1.38. The number of nitrogens with zero attached hydrogens (tertiary/aromatic N) is 1. The van der Waals surface area contributed by atoms with Gasteiger partial charge in [0.05, 0.1) is 23.1 Å². The van der Waals surface area contributed by atoms with Gasteiger partial charge in [0.15, 0.2) is 11.6 Å². The molecule has 2 amide bonds. The predicted molar refractivity (Wildman–Crippen MR) is 106 cm³/mol. The van der Waals surface area contributed by atoms with Crippen LogP contribution >= 0.6 is 0 Å². The summed E-state index contributed by atoms with van der Waals surface area (Å²) in [5.74, 6) is -6.81. The van der Waals surface area contributed by atoms with Gasteiger partial charge >= 0.3 is 11.8 Å². The van der Waals surface area contributed by atoms with Gasteiger partial charge in [0.25, 0.3) is 0 Å².